The zero-order valence-corrected chi connectivity index (χ0v) is 13.5. The predicted molar refractivity (Wildman–Crippen MR) is 92.2 cm³/mol. The molecule has 0 aliphatic rings. The number of nitrogen functional groups attached to an aromatic ring is 1. The molecule has 0 fully saturated rings. The molecule has 122 valence electrons. The fraction of sp³-hybridized carbons (Fsp3) is 0.176. The van der Waals surface area contributed by atoms with E-state index in [4.69, 9.17) is 5.73 Å². The molecule has 0 spiro atoms. The third kappa shape index (κ3) is 3.57. The highest BCUT2D eigenvalue weighted by Gasteiger charge is 2.10. The van der Waals surface area contributed by atoms with Gasteiger partial charge >= 0.3 is 0 Å². The van der Waals surface area contributed by atoms with Gasteiger partial charge in [0, 0.05) is 16.9 Å². The molecule has 1 amide bonds. The minimum absolute atomic E-state index is 0.00467. The van der Waals surface area contributed by atoms with Gasteiger partial charge in [0.15, 0.2) is 0 Å². The van der Waals surface area contributed by atoms with Gasteiger partial charge < -0.3 is 11.1 Å². The Morgan fingerprint density at radius 2 is 1.92 bits per heavy atom. The topological polar surface area (TPSA) is 98.7 Å². The summed E-state index contributed by atoms with van der Waals surface area (Å²) in [4.78, 5) is 13.4. The first kappa shape index (κ1) is 15.7. The number of amides is 1. The molecule has 1 heterocycles. The van der Waals surface area contributed by atoms with Crippen LogP contribution in [0.15, 0.2) is 42.5 Å². The van der Waals surface area contributed by atoms with Crippen molar-refractivity contribution in [3.05, 3.63) is 53.6 Å². The highest BCUT2D eigenvalue weighted by atomic mass is 16.2. The van der Waals surface area contributed by atoms with Crippen LogP contribution in [-0.4, -0.2) is 26.1 Å². The molecule has 3 N–H and O–H groups in total. The highest BCUT2D eigenvalue weighted by molar-refractivity contribution is 5.91. The molecule has 7 nitrogen and oxygen atoms in total. The van der Waals surface area contributed by atoms with Gasteiger partial charge in [0.25, 0.3) is 0 Å². The Morgan fingerprint density at radius 3 is 2.62 bits per heavy atom. The van der Waals surface area contributed by atoms with Crippen LogP contribution in [0.3, 0.4) is 0 Å². The Balaban J connectivity index is 1.68. The van der Waals surface area contributed by atoms with E-state index >= 15 is 0 Å². The quantitative estimate of drug-likeness (QED) is 0.717. The molecule has 24 heavy (non-hydrogen) atoms. The molecule has 2 aromatic carbocycles. The maximum absolute atomic E-state index is 12.2. The first-order valence-electron chi connectivity index (χ1n) is 7.52. The average molecular weight is 322 g/mol. The summed E-state index contributed by atoms with van der Waals surface area (Å²) in [6, 6.07) is 13.0. The number of hydrogen-bond donors (Lipinski definition) is 2. The van der Waals surface area contributed by atoms with E-state index in [9.17, 15) is 4.79 Å². The number of rotatable bonds is 4. The molecule has 3 aromatic rings. The van der Waals surface area contributed by atoms with Crippen molar-refractivity contribution in [2.45, 2.75) is 20.4 Å². The first-order chi connectivity index (χ1) is 11.5. The van der Waals surface area contributed by atoms with Gasteiger partial charge in [0.2, 0.25) is 11.7 Å². The normalized spacial score (nSPS) is 10.6. The fourth-order valence-electron chi connectivity index (χ4n) is 2.33. The van der Waals surface area contributed by atoms with E-state index in [2.05, 4.69) is 20.7 Å². The van der Waals surface area contributed by atoms with Crippen LogP contribution >= 0.6 is 0 Å². The SMILES string of the molecule is Cc1ccc(NC(=O)Cn2nnc(-c3ccc(N)cc3)n2)c(C)c1. The van der Waals surface area contributed by atoms with Crippen LogP contribution < -0.4 is 11.1 Å². The minimum Gasteiger partial charge on any atom is -0.399 e. The second kappa shape index (κ2) is 6.49. The summed E-state index contributed by atoms with van der Waals surface area (Å²) in [6.07, 6.45) is 0. The molecular weight excluding hydrogens is 304 g/mol. The van der Waals surface area contributed by atoms with Crippen LogP contribution in [0.25, 0.3) is 11.4 Å². The Hall–Kier alpha value is -3.22. The van der Waals surface area contributed by atoms with E-state index in [-0.39, 0.29) is 12.5 Å². The lowest BCUT2D eigenvalue weighted by molar-refractivity contribution is -0.117. The van der Waals surface area contributed by atoms with E-state index in [1.54, 1.807) is 12.1 Å². The largest absolute Gasteiger partial charge is 0.399 e. The van der Waals surface area contributed by atoms with Gasteiger partial charge in [-0.05, 0) is 55.0 Å². The summed E-state index contributed by atoms with van der Waals surface area (Å²) < 4.78 is 0. The summed E-state index contributed by atoms with van der Waals surface area (Å²) in [6.45, 7) is 3.96. The number of aryl methyl sites for hydroxylation is 2. The summed E-state index contributed by atoms with van der Waals surface area (Å²) in [5.74, 6) is 0.248. The number of nitrogens with one attached hydrogen (secondary N) is 1. The predicted octanol–water partition coefficient (Wildman–Crippen LogP) is 2.18. The standard InChI is InChI=1S/C17H18N6O/c1-11-3-8-15(12(2)9-11)19-16(24)10-23-21-17(20-22-23)13-4-6-14(18)7-5-13/h3-9H,10,18H2,1-2H3,(H,19,24). The lowest BCUT2D eigenvalue weighted by Crippen LogP contribution is -2.21. The number of nitrogens with zero attached hydrogens (tertiary/aromatic N) is 4. The van der Waals surface area contributed by atoms with Crippen molar-refractivity contribution < 1.29 is 4.79 Å². The first-order valence-corrected chi connectivity index (χ1v) is 7.52. The molecule has 0 aliphatic carbocycles. The molecule has 0 saturated heterocycles. The molecule has 0 saturated carbocycles. The lowest BCUT2D eigenvalue weighted by atomic mass is 10.1. The molecule has 0 aliphatic heterocycles. The Kier molecular flexibility index (Phi) is 4.24. The smallest absolute Gasteiger partial charge is 0.248 e. The zero-order valence-electron chi connectivity index (χ0n) is 13.5. The maximum atomic E-state index is 12.2. The van der Waals surface area contributed by atoms with Crippen LogP contribution in [-0.2, 0) is 11.3 Å². The van der Waals surface area contributed by atoms with Crippen molar-refractivity contribution in [2.24, 2.45) is 0 Å². The number of tetrazole rings is 1. The summed E-state index contributed by atoms with van der Waals surface area (Å²) in [7, 11) is 0. The second-order valence-corrected chi connectivity index (χ2v) is 5.63. The minimum atomic E-state index is -0.205. The van der Waals surface area contributed by atoms with Crippen LogP contribution in [0.5, 0.6) is 0 Å². The molecule has 1 aromatic heterocycles. The Bertz CT molecular complexity index is 869. The zero-order chi connectivity index (χ0) is 17.1. The van der Waals surface area contributed by atoms with Crippen molar-refractivity contribution >= 4 is 17.3 Å². The molecule has 0 bridgehead atoms. The molecular formula is C17H18N6O. The highest BCUT2D eigenvalue weighted by Crippen LogP contribution is 2.17. The molecule has 0 radical (unpaired) electrons. The second-order valence-electron chi connectivity index (χ2n) is 5.63. The van der Waals surface area contributed by atoms with Crippen LogP contribution in [0.1, 0.15) is 11.1 Å². The molecule has 0 atom stereocenters. The number of nitrogens with two attached hydrogens (primary N) is 1. The number of benzene rings is 2. The van der Waals surface area contributed by atoms with Crippen LogP contribution in [0, 0.1) is 13.8 Å². The van der Waals surface area contributed by atoms with Gasteiger partial charge in [0.05, 0.1) is 0 Å². The fourth-order valence-corrected chi connectivity index (χ4v) is 2.33. The monoisotopic (exact) mass is 322 g/mol. The van der Waals surface area contributed by atoms with E-state index in [0.717, 1.165) is 22.4 Å². The number of aromatic nitrogens is 4. The van der Waals surface area contributed by atoms with Gasteiger partial charge in [-0.25, -0.2) is 0 Å². The van der Waals surface area contributed by atoms with Crippen LogP contribution in [0.4, 0.5) is 11.4 Å². The third-order valence-corrected chi connectivity index (χ3v) is 3.56. The van der Waals surface area contributed by atoms with Crippen molar-refractivity contribution in [1.29, 1.82) is 0 Å². The summed E-state index contributed by atoms with van der Waals surface area (Å²) in [5.41, 5.74) is 10.1. The lowest BCUT2D eigenvalue weighted by Gasteiger charge is -2.08. The average Bonchev–Trinajstić information content (AvgIpc) is 2.99. The van der Waals surface area contributed by atoms with E-state index in [1.807, 2.05) is 44.2 Å². The Morgan fingerprint density at radius 1 is 1.17 bits per heavy atom. The van der Waals surface area contributed by atoms with Gasteiger partial charge in [-0.2, -0.15) is 4.80 Å². The number of carbonyl (C=O) groups is 1. The maximum Gasteiger partial charge on any atom is 0.248 e. The van der Waals surface area contributed by atoms with E-state index < -0.39 is 0 Å². The van der Waals surface area contributed by atoms with Crippen LogP contribution in [0.2, 0.25) is 0 Å². The van der Waals surface area contributed by atoms with Gasteiger partial charge in [-0.15, -0.1) is 10.2 Å². The molecule has 3 rings (SSSR count). The van der Waals surface area contributed by atoms with Crippen molar-refractivity contribution in [2.75, 3.05) is 11.1 Å². The van der Waals surface area contributed by atoms with Crippen molar-refractivity contribution in [3.8, 4) is 11.4 Å². The third-order valence-electron chi connectivity index (χ3n) is 3.56. The summed E-state index contributed by atoms with van der Waals surface area (Å²) >= 11 is 0. The molecule has 7 heteroatoms. The van der Waals surface area contributed by atoms with Gasteiger partial charge in [-0.1, -0.05) is 17.7 Å². The number of anilines is 2. The number of carbonyl (C=O) groups excluding carboxylic acids is 1. The van der Waals surface area contributed by atoms with E-state index in [1.165, 1.54) is 4.80 Å². The van der Waals surface area contributed by atoms with Crippen molar-refractivity contribution in [3.63, 3.8) is 0 Å². The summed E-state index contributed by atoms with van der Waals surface area (Å²) in [5, 5.41) is 15.0. The number of hydrogen-bond acceptors (Lipinski definition) is 5. The van der Waals surface area contributed by atoms with E-state index in [0.29, 0.717) is 11.5 Å². The van der Waals surface area contributed by atoms with Gasteiger partial charge in [-0.3, -0.25) is 4.79 Å². The van der Waals surface area contributed by atoms with Crippen molar-refractivity contribution in [1.82, 2.24) is 20.2 Å². The Labute approximate surface area is 139 Å². The van der Waals surface area contributed by atoms with Gasteiger partial charge in [0.1, 0.15) is 6.54 Å². The molecule has 0 unspecified atom stereocenters.